The molecule has 0 saturated heterocycles. The number of hydrogen-bond acceptors (Lipinski definition) is 2. The highest BCUT2D eigenvalue weighted by molar-refractivity contribution is 5.86. The molecule has 1 aliphatic carbocycles. The number of allylic oxidation sites excluding steroid dienone is 2. The van der Waals surface area contributed by atoms with E-state index in [0.717, 1.165) is 37.8 Å². The molecule has 0 aliphatic heterocycles. The summed E-state index contributed by atoms with van der Waals surface area (Å²) in [6, 6.07) is 5.89. The van der Waals surface area contributed by atoms with Crippen molar-refractivity contribution in [2.24, 2.45) is 5.92 Å². The van der Waals surface area contributed by atoms with Crippen molar-refractivity contribution < 1.29 is 4.79 Å². The third kappa shape index (κ3) is 3.76. The highest BCUT2D eigenvalue weighted by Crippen LogP contribution is 2.36. The fourth-order valence-electron chi connectivity index (χ4n) is 2.90. The molecule has 0 spiro atoms. The number of nitrogens with zero attached hydrogens (tertiary/aromatic N) is 1. The van der Waals surface area contributed by atoms with Gasteiger partial charge in [-0.1, -0.05) is 31.6 Å². The zero-order valence-corrected chi connectivity index (χ0v) is 11.7. The van der Waals surface area contributed by atoms with Gasteiger partial charge in [0.2, 0.25) is 0 Å². The zero-order chi connectivity index (χ0) is 13.5. The smallest absolute Gasteiger partial charge is 0.142 e. The number of carbonyl (C=O) groups is 1. The predicted molar refractivity (Wildman–Crippen MR) is 78.0 cm³/mol. The van der Waals surface area contributed by atoms with Gasteiger partial charge in [0.25, 0.3) is 0 Å². The standard InChI is InChI=1S/C17H23NO/c1-2-3-4-5-9-14-10-8-12-16(19)17(14)15-11-6-7-13-18-15/h4-7,11,13-14,17H,2-3,8-10,12H2,1H3/b5-4+. The molecule has 2 rings (SSSR count). The summed E-state index contributed by atoms with van der Waals surface area (Å²) in [5, 5.41) is 0. The Kier molecular flexibility index (Phi) is 5.31. The number of ketones is 1. The van der Waals surface area contributed by atoms with Crippen LogP contribution in [0.15, 0.2) is 36.5 Å². The minimum atomic E-state index is 0.0150. The van der Waals surface area contributed by atoms with Gasteiger partial charge in [-0.3, -0.25) is 9.78 Å². The molecule has 2 heteroatoms. The van der Waals surface area contributed by atoms with Crippen molar-refractivity contribution in [1.82, 2.24) is 4.98 Å². The second kappa shape index (κ2) is 7.22. The van der Waals surface area contributed by atoms with Crippen LogP contribution in [0.1, 0.15) is 57.1 Å². The van der Waals surface area contributed by atoms with E-state index < -0.39 is 0 Å². The molecule has 2 atom stereocenters. The van der Waals surface area contributed by atoms with E-state index in [4.69, 9.17) is 0 Å². The summed E-state index contributed by atoms with van der Waals surface area (Å²) in [6.45, 7) is 2.19. The van der Waals surface area contributed by atoms with Crippen LogP contribution in [0.4, 0.5) is 0 Å². The fraction of sp³-hybridized carbons (Fsp3) is 0.529. The van der Waals surface area contributed by atoms with Crippen LogP contribution in [0.2, 0.25) is 0 Å². The van der Waals surface area contributed by atoms with E-state index >= 15 is 0 Å². The van der Waals surface area contributed by atoms with Crippen molar-refractivity contribution in [3.63, 3.8) is 0 Å². The van der Waals surface area contributed by atoms with Gasteiger partial charge in [-0.25, -0.2) is 0 Å². The van der Waals surface area contributed by atoms with E-state index in [1.165, 1.54) is 6.42 Å². The fourth-order valence-corrected chi connectivity index (χ4v) is 2.90. The molecule has 0 amide bonds. The lowest BCUT2D eigenvalue weighted by atomic mass is 9.75. The largest absolute Gasteiger partial charge is 0.299 e. The van der Waals surface area contributed by atoms with Crippen LogP contribution in [0.3, 0.4) is 0 Å². The second-order valence-electron chi connectivity index (χ2n) is 5.35. The molecule has 102 valence electrons. The maximum atomic E-state index is 12.2. The van der Waals surface area contributed by atoms with Crippen molar-refractivity contribution in [2.45, 2.75) is 51.4 Å². The molecule has 0 aromatic carbocycles. The average Bonchev–Trinajstić information content (AvgIpc) is 2.45. The Morgan fingerprint density at radius 1 is 1.37 bits per heavy atom. The summed E-state index contributed by atoms with van der Waals surface area (Å²) in [5.41, 5.74) is 0.959. The number of aromatic nitrogens is 1. The van der Waals surface area contributed by atoms with Crippen LogP contribution in [0.25, 0.3) is 0 Å². The minimum Gasteiger partial charge on any atom is -0.299 e. The van der Waals surface area contributed by atoms with Crippen molar-refractivity contribution in [1.29, 1.82) is 0 Å². The number of rotatable bonds is 5. The zero-order valence-electron chi connectivity index (χ0n) is 11.7. The number of carbonyl (C=O) groups excluding carboxylic acids is 1. The van der Waals surface area contributed by atoms with Gasteiger partial charge in [0, 0.05) is 12.6 Å². The Labute approximate surface area is 115 Å². The van der Waals surface area contributed by atoms with Gasteiger partial charge in [-0.2, -0.15) is 0 Å². The summed E-state index contributed by atoms with van der Waals surface area (Å²) >= 11 is 0. The van der Waals surface area contributed by atoms with Crippen LogP contribution in [-0.4, -0.2) is 10.8 Å². The first-order valence-corrected chi connectivity index (χ1v) is 7.41. The molecular weight excluding hydrogens is 234 g/mol. The molecule has 0 radical (unpaired) electrons. The van der Waals surface area contributed by atoms with Crippen molar-refractivity contribution >= 4 is 5.78 Å². The maximum Gasteiger partial charge on any atom is 0.142 e. The first-order chi connectivity index (χ1) is 9.33. The van der Waals surface area contributed by atoms with Crippen molar-refractivity contribution in [3.05, 3.63) is 42.2 Å². The van der Waals surface area contributed by atoms with E-state index in [0.29, 0.717) is 11.7 Å². The lowest BCUT2D eigenvalue weighted by Crippen LogP contribution is -2.27. The molecule has 2 nitrogen and oxygen atoms in total. The van der Waals surface area contributed by atoms with Crippen molar-refractivity contribution in [3.8, 4) is 0 Å². The van der Waals surface area contributed by atoms with Gasteiger partial charge < -0.3 is 0 Å². The second-order valence-corrected chi connectivity index (χ2v) is 5.35. The molecule has 1 aliphatic rings. The van der Waals surface area contributed by atoms with E-state index in [1.807, 2.05) is 18.2 Å². The van der Waals surface area contributed by atoms with Crippen LogP contribution in [0.5, 0.6) is 0 Å². The number of hydrogen-bond donors (Lipinski definition) is 0. The van der Waals surface area contributed by atoms with E-state index in [1.54, 1.807) is 6.20 Å². The highest BCUT2D eigenvalue weighted by Gasteiger charge is 2.32. The quantitative estimate of drug-likeness (QED) is 0.737. The molecule has 1 fully saturated rings. The van der Waals surface area contributed by atoms with Crippen LogP contribution >= 0.6 is 0 Å². The lowest BCUT2D eigenvalue weighted by molar-refractivity contribution is -0.123. The summed E-state index contributed by atoms with van der Waals surface area (Å²) in [4.78, 5) is 16.6. The van der Waals surface area contributed by atoms with Crippen LogP contribution in [-0.2, 0) is 4.79 Å². The molecule has 1 heterocycles. The SMILES string of the molecule is CCC/C=C/CC1CCCC(=O)C1c1ccccn1. The van der Waals surface area contributed by atoms with Crippen LogP contribution < -0.4 is 0 Å². The Bertz CT molecular complexity index is 424. The van der Waals surface area contributed by atoms with Gasteiger partial charge in [0.15, 0.2) is 0 Å². The summed E-state index contributed by atoms with van der Waals surface area (Å²) in [6.07, 6.45) is 12.5. The Balaban J connectivity index is 2.08. The van der Waals surface area contributed by atoms with Gasteiger partial charge in [-0.05, 0) is 43.7 Å². The Morgan fingerprint density at radius 2 is 2.26 bits per heavy atom. The number of Topliss-reactive ketones (excluding diaryl/α,β-unsaturated/α-hetero) is 1. The monoisotopic (exact) mass is 257 g/mol. The molecule has 0 bridgehead atoms. The Hall–Kier alpha value is -1.44. The normalized spacial score (nSPS) is 23.9. The first kappa shape index (κ1) is 14.0. The average molecular weight is 257 g/mol. The molecule has 2 unspecified atom stereocenters. The molecule has 19 heavy (non-hydrogen) atoms. The van der Waals surface area contributed by atoms with Gasteiger partial charge in [0.05, 0.1) is 11.6 Å². The lowest BCUT2D eigenvalue weighted by Gasteiger charge is -2.29. The maximum absolute atomic E-state index is 12.2. The van der Waals surface area contributed by atoms with E-state index in [-0.39, 0.29) is 5.92 Å². The van der Waals surface area contributed by atoms with Gasteiger partial charge in [0.1, 0.15) is 5.78 Å². The van der Waals surface area contributed by atoms with Gasteiger partial charge in [-0.15, -0.1) is 0 Å². The van der Waals surface area contributed by atoms with Gasteiger partial charge >= 0.3 is 0 Å². The summed E-state index contributed by atoms with van der Waals surface area (Å²) in [7, 11) is 0. The predicted octanol–water partition coefficient (Wildman–Crippen LogP) is 4.28. The minimum absolute atomic E-state index is 0.0150. The van der Waals surface area contributed by atoms with Crippen molar-refractivity contribution in [2.75, 3.05) is 0 Å². The van der Waals surface area contributed by atoms with Crippen LogP contribution in [0, 0.1) is 5.92 Å². The molecule has 1 aromatic heterocycles. The third-order valence-electron chi connectivity index (χ3n) is 3.88. The van der Waals surface area contributed by atoms with E-state index in [2.05, 4.69) is 24.1 Å². The Morgan fingerprint density at radius 3 is 3.00 bits per heavy atom. The topological polar surface area (TPSA) is 30.0 Å². The summed E-state index contributed by atoms with van der Waals surface area (Å²) in [5.74, 6) is 0.823. The number of unbranched alkanes of at least 4 members (excludes halogenated alkanes) is 1. The third-order valence-corrected chi connectivity index (χ3v) is 3.88. The first-order valence-electron chi connectivity index (χ1n) is 7.41. The van der Waals surface area contributed by atoms with E-state index in [9.17, 15) is 4.79 Å². The summed E-state index contributed by atoms with van der Waals surface area (Å²) < 4.78 is 0. The molecule has 0 N–H and O–H groups in total. The molecule has 1 saturated carbocycles. The molecule has 1 aromatic rings. The highest BCUT2D eigenvalue weighted by atomic mass is 16.1. The number of pyridine rings is 1. The molecular formula is C17H23NO.